The van der Waals surface area contributed by atoms with Gasteiger partial charge in [0.1, 0.15) is 11.9 Å². The van der Waals surface area contributed by atoms with Crippen molar-refractivity contribution in [2.75, 3.05) is 11.9 Å². The van der Waals surface area contributed by atoms with Gasteiger partial charge < -0.3 is 10.2 Å². The Morgan fingerprint density at radius 3 is 2.82 bits per heavy atom. The van der Waals surface area contributed by atoms with Crippen molar-refractivity contribution in [1.29, 1.82) is 0 Å². The van der Waals surface area contributed by atoms with Crippen molar-refractivity contribution in [2.24, 2.45) is 0 Å². The summed E-state index contributed by atoms with van der Waals surface area (Å²) in [7, 11) is 0. The smallest absolute Gasteiger partial charge is 0.245 e. The van der Waals surface area contributed by atoms with E-state index in [1.165, 1.54) is 12.1 Å². The molecule has 1 N–H and O–H groups in total. The summed E-state index contributed by atoms with van der Waals surface area (Å²) in [5, 5.41) is 3.08. The minimum absolute atomic E-state index is 0.0226. The lowest BCUT2D eigenvalue weighted by atomic mass is 10.2. The van der Waals surface area contributed by atoms with Crippen LogP contribution in [0.25, 0.3) is 0 Å². The van der Waals surface area contributed by atoms with Gasteiger partial charge in [0.05, 0.1) is 0 Å². The molecule has 0 radical (unpaired) electrons. The Labute approximate surface area is 128 Å². The summed E-state index contributed by atoms with van der Waals surface area (Å²) in [6, 6.07) is 7.73. The van der Waals surface area contributed by atoms with Crippen LogP contribution in [0.2, 0.25) is 0 Å². The van der Waals surface area contributed by atoms with E-state index in [2.05, 4.69) is 15.3 Å². The third-order valence-electron chi connectivity index (χ3n) is 3.68. The fraction of sp³-hybridized carbons (Fsp3) is 0.312. The Balaban J connectivity index is 1.63. The molecule has 1 fully saturated rings. The van der Waals surface area contributed by atoms with Gasteiger partial charge in [0, 0.05) is 25.0 Å². The molecule has 1 unspecified atom stereocenters. The maximum absolute atomic E-state index is 12.9. The highest BCUT2D eigenvalue weighted by molar-refractivity contribution is 5.86. The summed E-state index contributed by atoms with van der Waals surface area (Å²) in [5.74, 6) is 0.226. The van der Waals surface area contributed by atoms with Gasteiger partial charge in [-0.15, -0.1) is 0 Å². The van der Waals surface area contributed by atoms with Crippen molar-refractivity contribution in [2.45, 2.75) is 25.9 Å². The summed E-state index contributed by atoms with van der Waals surface area (Å²) in [5.41, 5.74) is 1.77. The first kappa shape index (κ1) is 14.4. The SMILES string of the molecule is Cc1ccnc(NC2CCN(Cc3ccc(F)cc3)C2=O)n1. The number of rotatable bonds is 4. The number of amides is 1. The van der Waals surface area contributed by atoms with Crippen LogP contribution in [0, 0.1) is 12.7 Å². The van der Waals surface area contributed by atoms with Crippen LogP contribution in [0.5, 0.6) is 0 Å². The highest BCUT2D eigenvalue weighted by Gasteiger charge is 2.31. The highest BCUT2D eigenvalue weighted by Crippen LogP contribution is 2.18. The number of hydrogen-bond donors (Lipinski definition) is 1. The lowest BCUT2D eigenvalue weighted by Crippen LogP contribution is -2.33. The minimum Gasteiger partial charge on any atom is -0.342 e. The third kappa shape index (κ3) is 3.21. The van der Waals surface area contributed by atoms with Crippen LogP contribution in [0.1, 0.15) is 17.7 Å². The summed E-state index contributed by atoms with van der Waals surface area (Å²) >= 11 is 0. The van der Waals surface area contributed by atoms with E-state index in [0.29, 0.717) is 25.5 Å². The number of anilines is 1. The molecule has 114 valence electrons. The van der Waals surface area contributed by atoms with E-state index in [1.807, 2.05) is 13.0 Å². The molecule has 1 aromatic carbocycles. The predicted octanol–water partition coefficient (Wildman–Crippen LogP) is 2.14. The van der Waals surface area contributed by atoms with Crippen LogP contribution in [0.3, 0.4) is 0 Å². The molecule has 0 saturated carbocycles. The average molecular weight is 300 g/mol. The van der Waals surface area contributed by atoms with Crippen molar-refractivity contribution in [3.63, 3.8) is 0 Å². The van der Waals surface area contributed by atoms with Gasteiger partial charge in [0.2, 0.25) is 11.9 Å². The van der Waals surface area contributed by atoms with E-state index in [9.17, 15) is 9.18 Å². The molecule has 22 heavy (non-hydrogen) atoms. The average Bonchev–Trinajstić information content (AvgIpc) is 2.83. The van der Waals surface area contributed by atoms with Crippen molar-refractivity contribution in [3.05, 3.63) is 53.6 Å². The minimum atomic E-state index is -0.303. The molecule has 0 spiro atoms. The number of hydrogen-bond acceptors (Lipinski definition) is 4. The molecule has 5 nitrogen and oxygen atoms in total. The monoisotopic (exact) mass is 300 g/mol. The Morgan fingerprint density at radius 2 is 2.09 bits per heavy atom. The number of likely N-dealkylation sites (tertiary alicyclic amines) is 1. The van der Waals surface area contributed by atoms with Gasteiger partial charge in [-0.05, 0) is 37.1 Å². The first-order chi connectivity index (χ1) is 10.6. The zero-order valence-corrected chi connectivity index (χ0v) is 12.3. The van der Waals surface area contributed by atoms with Crippen molar-refractivity contribution < 1.29 is 9.18 Å². The third-order valence-corrected chi connectivity index (χ3v) is 3.68. The van der Waals surface area contributed by atoms with Gasteiger partial charge in [-0.3, -0.25) is 4.79 Å². The molecule has 1 aliphatic heterocycles. The molecule has 0 bridgehead atoms. The van der Waals surface area contributed by atoms with E-state index in [0.717, 1.165) is 11.3 Å². The Morgan fingerprint density at radius 1 is 1.32 bits per heavy atom. The molecule has 6 heteroatoms. The number of benzene rings is 1. The Bertz CT molecular complexity index is 674. The standard InChI is InChI=1S/C16H17FN4O/c1-11-6-8-18-16(19-11)20-14-7-9-21(15(14)22)10-12-2-4-13(17)5-3-12/h2-6,8,14H,7,9-10H2,1H3,(H,18,19,20). The molecular weight excluding hydrogens is 283 g/mol. The van der Waals surface area contributed by atoms with Crippen LogP contribution >= 0.6 is 0 Å². The second-order valence-corrected chi connectivity index (χ2v) is 5.39. The van der Waals surface area contributed by atoms with Gasteiger partial charge in [0.15, 0.2) is 0 Å². The number of carbonyl (C=O) groups excluding carboxylic acids is 1. The fourth-order valence-electron chi connectivity index (χ4n) is 2.51. The van der Waals surface area contributed by atoms with Crippen LogP contribution in [-0.4, -0.2) is 33.4 Å². The van der Waals surface area contributed by atoms with Crippen molar-refractivity contribution in [3.8, 4) is 0 Å². The molecule has 2 heterocycles. The zero-order chi connectivity index (χ0) is 15.5. The molecule has 1 atom stereocenters. The second kappa shape index (κ2) is 6.09. The molecule has 1 aromatic heterocycles. The summed E-state index contributed by atoms with van der Waals surface area (Å²) in [6.07, 6.45) is 2.37. The summed E-state index contributed by atoms with van der Waals surface area (Å²) < 4.78 is 12.9. The summed E-state index contributed by atoms with van der Waals surface area (Å²) in [4.78, 5) is 22.5. The quantitative estimate of drug-likeness (QED) is 0.940. The lowest BCUT2D eigenvalue weighted by molar-refractivity contribution is -0.128. The van der Waals surface area contributed by atoms with Gasteiger partial charge in [-0.2, -0.15) is 0 Å². The first-order valence-electron chi connectivity index (χ1n) is 7.21. The molecule has 0 aliphatic carbocycles. The molecule has 1 amide bonds. The summed E-state index contributed by atoms with van der Waals surface area (Å²) in [6.45, 7) is 3.04. The topological polar surface area (TPSA) is 58.1 Å². The van der Waals surface area contributed by atoms with E-state index in [4.69, 9.17) is 0 Å². The van der Waals surface area contributed by atoms with Crippen LogP contribution in [0.15, 0.2) is 36.5 Å². The molecule has 2 aromatic rings. The number of carbonyl (C=O) groups is 1. The van der Waals surface area contributed by atoms with E-state index in [1.54, 1.807) is 23.2 Å². The van der Waals surface area contributed by atoms with Gasteiger partial charge in [0.25, 0.3) is 0 Å². The maximum atomic E-state index is 12.9. The van der Waals surface area contributed by atoms with Crippen molar-refractivity contribution >= 4 is 11.9 Å². The zero-order valence-electron chi connectivity index (χ0n) is 12.3. The molecular formula is C16H17FN4O. The molecule has 1 saturated heterocycles. The van der Waals surface area contributed by atoms with Gasteiger partial charge >= 0.3 is 0 Å². The normalized spacial score (nSPS) is 17.8. The number of nitrogens with one attached hydrogen (secondary N) is 1. The first-order valence-corrected chi connectivity index (χ1v) is 7.21. The van der Waals surface area contributed by atoms with Gasteiger partial charge in [-0.1, -0.05) is 12.1 Å². The Hall–Kier alpha value is -2.50. The Kier molecular flexibility index (Phi) is 4.00. The second-order valence-electron chi connectivity index (χ2n) is 5.39. The predicted molar refractivity (Wildman–Crippen MR) is 80.6 cm³/mol. The van der Waals surface area contributed by atoms with E-state index >= 15 is 0 Å². The van der Waals surface area contributed by atoms with Crippen LogP contribution in [0.4, 0.5) is 10.3 Å². The van der Waals surface area contributed by atoms with Crippen LogP contribution in [-0.2, 0) is 11.3 Å². The van der Waals surface area contributed by atoms with Crippen LogP contribution < -0.4 is 5.32 Å². The number of aromatic nitrogens is 2. The van der Waals surface area contributed by atoms with E-state index in [-0.39, 0.29) is 17.8 Å². The van der Waals surface area contributed by atoms with Crippen molar-refractivity contribution in [1.82, 2.24) is 14.9 Å². The highest BCUT2D eigenvalue weighted by atomic mass is 19.1. The fourth-order valence-corrected chi connectivity index (χ4v) is 2.51. The lowest BCUT2D eigenvalue weighted by Gasteiger charge is -2.17. The van der Waals surface area contributed by atoms with E-state index < -0.39 is 0 Å². The molecule has 1 aliphatic rings. The number of aryl methyl sites for hydroxylation is 1. The number of nitrogens with zero attached hydrogens (tertiary/aromatic N) is 3. The maximum Gasteiger partial charge on any atom is 0.245 e. The largest absolute Gasteiger partial charge is 0.342 e. The number of halogens is 1. The van der Waals surface area contributed by atoms with Gasteiger partial charge in [-0.25, -0.2) is 14.4 Å². The molecule has 3 rings (SSSR count).